The summed E-state index contributed by atoms with van der Waals surface area (Å²) in [6.07, 6.45) is 0. The van der Waals surface area contributed by atoms with Crippen LogP contribution in [0, 0.1) is 12.7 Å². The van der Waals surface area contributed by atoms with Crippen molar-refractivity contribution in [2.24, 2.45) is 4.99 Å². The molecular formula is C18H22FN3O. The van der Waals surface area contributed by atoms with Crippen molar-refractivity contribution in [3.05, 3.63) is 65.5 Å². The highest BCUT2D eigenvalue weighted by Gasteiger charge is 2.01. The zero-order valence-corrected chi connectivity index (χ0v) is 13.5. The smallest absolute Gasteiger partial charge is 0.191 e. The fraction of sp³-hybridized carbons (Fsp3) is 0.278. The maximum absolute atomic E-state index is 13.0. The highest BCUT2D eigenvalue weighted by Crippen LogP contribution is 2.11. The SMILES string of the molecule is CN=C(NCCOc1cccc(F)c1)NCc1ccccc1C. The van der Waals surface area contributed by atoms with Crippen molar-refractivity contribution in [2.75, 3.05) is 20.2 Å². The van der Waals surface area contributed by atoms with Crippen molar-refractivity contribution < 1.29 is 9.13 Å². The normalized spacial score (nSPS) is 11.2. The Morgan fingerprint density at radius 1 is 1.13 bits per heavy atom. The van der Waals surface area contributed by atoms with E-state index in [1.54, 1.807) is 19.2 Å². The van der Waals surface area contributed by atoms with Crippen molar-refractivity contribution in [1.29, 1.82) is 0 Å². The molecule has 0 radical (unpaired) electrons. The van der Waals surface area contributed by atoms with Gasteiger partial charge in [-0.3, -0.25) is 4.99 Å². The average molecular weight is 315 g/mol. The number of hydrogen-bond acceptors (Lipinski definition) is 2. The Morgan fingerprint density at radius 3 is 2.70 bits per heavy atom. The number of nitrogens with one attached hydrogen (secondary N) is 2. The number of nitrogens with zero attached hydrogens (tertiary/aromatic N) is 1. The topological polar surface area (TPSA) is 45.7 Å². The van der Waals surface area contributed by atoms with Gasteiger partial charge < -0.3 is 15.4 Å². The molecule has 0 unspecified atom stereocenters. The Hall–Kier alpha value is -2.56. The van der Waals surface area contributed by atoms with Crippen LogP contribution < -0.4 is 15.4 Å². The van der Waals surface area contributed by atoms with Gasteiger partial charge in [0.05, 0.1) is 6.54 Å². The van der Waals surface area contributed by atoms with Crippen molar-refractivity contribution in [1.82, 2.24) is 10.6 Å². The Labute approximate surface area is 136 Å². The molecule has 0 spiro atoms. The molecule has 0 bridgehead atoms. The lowest BCUT2D eigenvalue weighted by atomic mass is 10.1. The Balaban J connectivity index is 1.72. The maximum atomic E-state index is 13.0. The standard InChI is InChI=1S/C18H22FN3O/c1-14-6-3-4-7-15(14)13-22-18(20-2)21-10-11-23-17-9-5-8-16(19)12-17/h3-9,12H,10-11,13H2,1-2H3,(H2,20,21,22). The fourth-order valence-electron chi connectivity index (χ4n) is 2.10. The Kier molecular flexibility index (Phi) is 6.41. The summed E-state index contributed by atoms with van der Waals surface area (Å²) in [7, 11) is 1.72. The number of aryl methyl sites for hydroxylation is 1. The predicted octanol–water partition coefficient (Wildman–Crippen LogP) is 2.88. The van der Waals surface area contributed by atoms with Gasteiger partial charge in [-0.15, -0.1) is 0 Å². The van der Waals surface area contributed by atoms with Gasteiger partial charge in [-0.1, -0.05) is 30.3 Å². The van der Waals surface area contributed by atoms with E-state index in [1.165, 1.54) is 23.3 Å². The summed E-state index contributed by atoms with van der Waals surface area (Å²) >= 11 is 0. The Bertz CT molecular complexity index is 658. The molecule has 0 atom stereocenters. The molecule has 23 heavy (non-hydrogen) atoms. The van der Waals surface area contributed by atoms with Gasteiger partial charge in [-0.2, -0.15) is 0 Å². The molecule has 0 amide bonds. The van der Waals surface area contributed by atoms with Gasteiger partial charge in [0.25, 0.3) is 0 Å². The van der Waals surface area contributed by atoms with Crippen molar-refractivity contribution in [3.63, 3.8) is 0 Å². The lowest BCUT2D eigenvalue weighted by Crippen LogP contribution is -2.39. The van der Waals surface area contributed by atoms with E-state index < -0.39 is 0 Å². The number of ether oxygens (including phenoxy) is 1. The number of halogens is 1. The fourth-order valence-corrected chi connectivity index (χ4v) is 2.10. The summed E-state index contributed by atoms with van der Waals surface area (Å²) in [6, 6.07) is 14.3. The van der Waals surface area contributed by atoms with Gasteiger partial charge in [-0.05, 0) is 30.2 Å². The molecule has 2 N–H and O–H groups in total. The van der Waals surface area contributed by atoms with Gasteiger partial charge in [0.2, 0.25) is 0 Å². The van der Waals surface area contributed by atoms with E-state index in [-0.39, 0.29) is 5.82 Å². The van der Waals surface area contributed by atoms with Crippen molar-refractivity contribution in [2.45, 2.75) is 13.5 Å². The molecule has 0 aliphatic rings. The van der Waals surface area contributed by atoms with E-state index in [2.05, 4.69) is 34.7 Å². The molecule has 0 saturated heterocycles. The first-order chi connectivity index (χ1) is 11.2. The Morgan fingerprint density at radius 2 is 1.96 bits per heavy atom. The zero-order chi connectivity index (χ0) is 16.5. The zero-order valence-electron chi connectivity index (χ0n) is 13.5. The first kappa shape index (κ1) is 16.8. The number of benzene rings is 2. The average Bonchev–Trinajstić information content (AvgIpc) is 2.55. The van der Waals surface area contributed by atoms with E-state index in [1.807, 2.05) is 12.1 Å². The van der Waals surface area contributed by atoms with Crippen LogP contribution in [0.1, 0.15) is 11.1 Å². The number of guanidine groups is 1. The minimum absolute atomic E-state index is 0.300. The molecule has 4 nitrogen and oxygen atoms in total. The molecular weight excluding hydrogens is 293 g/mol. The maximum Gasteiger partial charge on any atom is 0.191 e. The molecule has 0 aliphatic carbocycles. The van der Waals surface area contributed by atoms with Gasteiger partial charge in [0, 0.05) is 19.7 Å². The van der Waals surface area contributed by atoms with E-state index in [0.29, 0.717) is 31.4 Å². The first-order valence-electron chi connectivity index (χ1n) is 7.56. The monoisotopic (exact) mass is 315 g/mol. The van der Waals surface area contributed by atoms with Crippen LogP contribution in [0.4, 0.5) is 4.39 Å². The predicted molar refractivity (Wildman–Crippen MR) is 91.3 cm³/mol. The van der Waals surface area contributed by atoms with Crippen LogP contribution in [0.2, 0.25) is 0 Å². The van der Waals surface area contributed by atoms with Crippen LogP contribution in [0.5, 0.6) is 5.75 Å². The van der Waals surface area contributed by atoms with E-state index in [4.69, 9.17) is 4.74 Å². The lowest BCUT2D eigenvalue weighted by molar-refractivity contribution is 0.320. The summed E-state index contributed by atoms with van der Waals surface area (Å²) in [6.45, 7) is 3.79. The molecule has 2 aromatic rings. The molecule has 0 saturated carbocycles. The van der Waals surface area contributed by atoms with E-state index in [0.717, 1.165) is 0 Å². The second-order valence-electron chi connectivity index (χ2n) is 5.08. The van der Waals surface area contributed by atoms with Gasteiger partial charge in [0.15, 0.2) is 5.96 Å². The second kappa shape index (κ2) is 8.78. The van der Waals surface area contributed by atoms with Crippen LogP contribution in [0.15, 0.2) is 53.5 Å². The number of rotatable bonds is 6. The highest BCUT2D eigenvalue weighted by molar-refractivity contribution is 5.79. The van der Waals surface area contributed by atoms with Gasteiger partial charge in [-0.25, -0.2) is 4.39 Å². The molecule has 2 rings (SSSR count). The molecule has 122 valence electrons. The molecule has 2 aromatic carbocycles. The quantitative estimate of drug-likeness (QED) is 0.489. The second-order valence-corrected chi connectivity index (χ2v) is 5.08. The van der Waals surface area contributed by atoms with Crippen molar-refractivity contribution >= 4 is 5.96 Å². The summed E-state index contributed by atoms with van der Waals surface area (Å²) in [5.74, 6) is 0.928. The lowest BCUT2D eigenvalue weighted by Gasteiger charge is -2.13. The summed E-state index contributed by atoms with van der Waals surface area (Å²) in [4.78, 5) is 4.17. The summed E-state index contributed by atoms with van der Waals surface area (Å²) in [5, 5.41) is 6.42. The highest BCUT2D eigenvalue weighted by atomic mass is 19.1. The number of aliphatic imine (C=N–C) groups is 1. The van der Waals surface area contributed by atoms with Gasteiger partial charge >= 0.3 is 0 Å². The third kappa shape index (κ3) is 5.62. The third-order valence-electron chi connectivity index (χ3n) is 3.39. The first-order valence-corrected chi connectivity index (χ1v) is 7.56. The van der Waals surface area contributed by atoms with Crippen LogP contribution >= 0.6 is 0 Å². The number of hydrogen-bond donors (Lipinski definition) is 2. The molecule has 0 aliphatic heterocycles. The molecule has 0 aromatic heterocycles. The largest absolute Gasteiger partial charge is 0.492 e. The van der Waals surface area contributed by atoms with Crippen LogP contribution in [0.3, 0.4) is 0 Å². The van der Waals surface area contributed by atoms with Crippen molar-refractivity contribution in [3.8, 4) is 5.75 Å². The summed E-state index contributed by atoms with van der Waals surface area (Å²) < 4.78 is 18.5. The molecule has 0 heterocycles. The minimum atomic E-state index is -0.300. The van der Waals surface area contributed by atoms with Gasteiger partial charge in [0.1, 0.15) is 18.2 Å². The summed E-state index contributed by atoms with van der Waals surface area (Å²) in [5.41, 5.74) is 2.47. The van der Waals surface area contributed by atoms with Crippen LogP contribution in [-0.2, 0) is 6.54 Å². The minimum Gasteiger partial charge on any atom is -0.492 e. The van der Waals surface area contributed by atoms with E-state index >= 15 is 0 Å². The molecule has 0 fully saturated rings. The van der Waals surface area contributed by atoms with Crippen LogP contribution in [0.25, 0.3) is 0 Å². The van der Waals surface area contributed by atoms with E-state index in [9.17, 15) is 4.39 Å². The third-order valence-corrected chi connectivity index (χ3v) is 3.39. The van der Waals surface area contributed by atoms with Crippen LogP contribution in [-0.4, -0.2) is 26.2 Å². The molecule has 5 heteroatoms.